The van der Waals surface area contributed by atoms with Crippen LogP contribution in [0.15, 0.2) is 32.7 Å². The number of aromatic amines is 1. The number of H-pyrrole nitrogens is 1. The Hall–Kier alpha value is -2.76. The first-order valence-electron chi connectivity index (χ1n) is 9.22. The number of aryl methyl sites for hydroxylation is 1. The van der Waals surface area contributed by atoms with Crippen molar-refractivity contribution in [3.63, 3.8) is 0 Å². The summed E-state index contributed by atoms with van der Waals surface area (Å²) in [5.41, 5.74) is -0.822. The molecule has 2 aliphatic rings. The molecule has 2 N–H and O–H groups in total. The highest BCUT2D eigenvalue weighted by Crippen LogP contribution is 2.39. The van der Waals surface area contributed by atoms with E-state index in [1.165, 1.54) is 23.2 Å². The van der Waals surface area contributed by atoms with Crippen molar-refractivity contribution in [2.45, 2.75) is 50.9 Å². The summed E-state index contributed by atoms with van der Waals surface area (Å²) in [6.45, 7) is 5.51. The normalized spacial score (nSPS) is 28.1. The van der Waals surface area contributed by atoms with Crippen molar-refractivity contribution in [3.8, 4) is 0 Å². The topological polar surface area (TPSA) is 138 Å². The third kappa shape index (κ3) is 3.76. The Bertz CT molecular complexity index is 1020. The predicted octanol–water partition coefficient (Wildman–Crippen LogP) is -0.277. The summed E-state index contributed by atoms with van der Waals surface area (Å²) in [5, 5.41) is 2.77. The monoisotopic (exact) mass is 406 g/mol. The van der Waals surface area contributed by atoms with Crippen molar-refractivity contribution < 1.29 is 23.4 Å². The Labute approximate surface area is 165 Å². The first kappa shape index (κ1) is 19.6. The molecule has 4 rings (SSSR count). The number of rotatable bonds is 4. The maximum absolute atomic E-state index is 12.3. The number of hydrogen-bond donors (Lipinski definition) is 2. The molecule has 2 aliphatic heterocycles. The van der Waals surface area contributed by atoms with Gasteiger partial charge in [-0.05, 0) is 20.8 Å². The van der Waals surface area contributed by atoms with Gasteiger partial charge in [-0.1, -0.05) is 0 Å². The second-order valence-corrected chi connectivity index (χ2v) is 7.49. The number of carbonyl (C=O) groups excluding carboxylic acids is 1. The number of nitrogens with zero attached hydrogens (tertiary/aromatic N) is 2. The van der Waals surface area contributed by atoms with E-state index in [-0.39, 0.29) is 24.8 Å². The molecule has 0 saturated carbocycles. The zero-order valence-corrected chi connectivity index (χ0v) is 16.2. The minimum Gasteiger partial charge on any atom is -0.448 e. The van der Waals surface area contributed by atoms with Gasteiger partial charge in [0.25, 0.3) is 11.5 Å². The lowest BCUT2D eigenvalue weighted by molar-refractivity contribution is -0.153. The average molecular weight is 406 g/mol. The SMILES string of the molecule is Cc1ocnc1C(=O)NC[C@H]1OC[C@@H](n2ccc(=O)[nH]c2=O)[C@@H]2OC(C)(C)O[C@@H]21. The molecule has 2 aromatic heterocycles. The number of hydrogen-bond acceptors (Lipinski definition) is 8. The van der Waals surface area contributed by atoms with Crippen molar-refractivity contribution in [3.05, 3.63) is 50.9 Å². The third-order valence-electron chi connectivity index (χ3n) is 5.02. The van der Waals surface area contributed by atoms with Gasteiger partial charge in [0.05, 0.1) is 12.6 Å². The highest BCUT2D eigenvalue weighted by molar-refractivity contribution is 5.93. The van der Waals surface area contributed by atoms with E-state index in [4.69, 9.17) is 18.6 Å². The van der Waals surface area contributed by atoms with Crippen molar-refractivity contribution >= 4 is 5.91 Å². The van der Waals surface area contributed by atoms with Gasteiger partial charge in [0.15, 0.2) is 17.9 Å². The fourth-order valence-corrected chi connectivity index (χ4v) is 3.72. The molecule has 0 aliphatic carbocycles. The van der Waals surface area contributed by atoms with E-state index in [1.54, 1.807) is 20.8 Å². The number of fused-ring (bicyclic) bond motifs is 1. The molecule has 2 saturated heterocycles. The Morgan fingerprint density at radius 3 is 2.79 bits per heavy atom. The quantitative estimate of drug-likeness (QED) is 0.707. The van der Waals surface area contributed by atoms with Crippen LogP contribution in [0.5, 0.6) is 0 Å². The standard InChI is InChI=1S/C18H22N4O7/c1-9-13(20-8-27-9)16(24)19-6-11-15-14(28-18(2,3)29-15)10(7-26-11)22-5-4-12(23)21-17(22)25/h4-5,8,10-11,14-15H,6-7H2,1-3H3,(H,19,24)(H,21,23,25)/t10-,11-,14+,15-/m1/s1. The number of ether oxygens (including phenoxy) is 3. The number of nitrogens with one attached hydrogen (secondary N) is 2. The average Bonchev–Trinajstić information content (AvgIpc) is 3.22. The predicted molar refractivity (Wildman–Crippen MR) is 97.5 cm³/mol. The van der Waals surface area contributed by atoms with Gasteiger partial charge in [-0.25, -0.2) is 9.78 Å². The minimum atomic E-state index is -0.891. The summed E-state index contributed by atoms with van der Waals surface area (Å²) in [6.07, 6.45) is 1.10. The first-order valence-corrected chi connectivity index (χ1v) is 9.22. The molecule has 4 heterocycles. The number of amides is 1. The van der Waals surface area contributed by atoms with Gasteiger partial charge >= 0.3 is 5.69 Å². The van der Waals surface area contributed by atoms with Gasteiger partial charge in [0, 0.05) is 18.8 Å². The van der Waals surface area contributed by atoms with Crippen molar-refractivity contribution in [2.75, 3.05) is 13.2 Å². The van der Waals surface area contributed by atoms with Gasteiger partial charge in [0.2, 0.25) is 0 Å². The van der Waals surface area contributed by atoms with Gasteiger partial charge in [-0.3, -0.25) is 19.1 Å². The van der Waals surface area contributed by atoms with Gasteiger partial charge in [-0.15, -0.1) is 0 Å². The van der Waals surface area contributed by atoms with Gasteiger partial charge in [0.1, 0.15) is 24.1 Å². The van der Waals surface area contributed by atoms with Crippen LogP contribution < -0.4 is 16.6 Å². The molecule has 0 radical (unpaired) electrons. The van der Waals surface area contributed by atoms with Gasteiger partial charge in [-0.2, -0.15) is 0 Å². The molecule has 2 fully saturated rings. The maximum atomic E-state index is 12.3. The molecule has 0 aromatic carbocycles. The van der Waals surface area contributed by atoms with Crippen LogP contribution in [0.4, 0.5) is 0 Å². The highest BCUT2D eigenvalue weighted by Gasteiger charge is 2.52. The van der Waals surface area contributed by atoms with E-state index in [0.29, 0.717) is 5.76 Å². The van der Waals surface area contributed by atoms with Crippen LogP contribution in [0.2, 0.25) is 0 Å². The zero-order valence-electron chi connectivity index (χ0n) is 16.2. The van der Waals surface area contributed by atoms with Crippen LogP contribution in [-0.2, 0) is 14.2 Å². The lowest BCUT2D eigenvalue weighted by Crippen LogP contribution is -2.54. The van der Waals surface area contributed by atoms with Crippen LogP contribution in [-0.4, -0.2) is 57.7 Å². The highest BCUT2D eigenvalue weighted by atomic mass is 16.8. The van der Waals surface area contributed by atoms with Crippen molar-refractivity contribution in [1.29, 1.82) is 0 Å². The Morgan fingerprint density at radius 1 is 1.34 bits per heavy atom. The Kier molecular flexibility index (Phi) is 4.89. The van der Waals surface area contributed by atoms with Crippen LogP contribution in [0.1, 0.15) is 36.1 Å². The third-order valence-corrected chi connectivity index (χ3v) is 5.02. The van der Waals surface area contributed by atoms with Crippen molar-refractivity contribution in [1.82, 2.24) is 19.9 Å². The summed E-state index contributed by atoms with van der Waals surface area (Å²) in [7, 11) is 0. The van der Waals surface area contributed by atoms with Crippen LogP contribution in [0.25, 0.3) is 0 Å². The fraction of sp³-hybridized carbons (Fsp3) is 0.556. The number of carbonyl (C=O) groups is 1. The lowest BCUT2D eigenvalue weighted by atomic mass is 9.97. The van der Waals surface area contributed by atoms with E-state index in [0.717, 1.165) is 0 Å². The van der Waals surface area contributed by atoms with Crippen LogP contribution in [0.3, 0.4) is 0 Å². The smallest absolute Gasteiger partial charge is 0.328 e. The molecule has 1 amide bonds. The van der Waals surface area contributed by atoms with Gasteiger partial charge < -0.3 is 23.9 Å². The minimum absolute atomic E-state index is 0.149. The maximum Gasteiger partial charge on any atom is 0.328 e. The summed E-state index contributed by atoms with van der Waals surface area (Å²) in [6, 6.07) is 0.778. The number of aromatic nitrogens is 3. The fourth-order valence-electron chi connectivity index (χ4n) is 3.72. The second kappa shape index (κ2) is 7.25. The summed E-state index contributed by atoms with van der Waals surface area (Å²) in [4.78, 5) is 42.0. The van der Waals surface area contributed by atoms with E-state index in [1.807, 2.05) is 0 Å². The molecular weight excluding hydrogens is 384 g/mol. The number of oxazole rings is 1. The molecule has 29 heavy (non-hydrogen) atoms. The van der Waals surface area contributed by atoms with E-state index in [9.17, 15) is 14.4 Å². The molecule has 2 aromatic rings. The lowest BCUT2D eigenvalue weighted by Gasteiger charge is -2.37. The van der Waals surface area contributed by atoms with Crippen LogP contribution >= 0.6 is 0 Å². The molecular formula is C18H22N4O7. The van der Waals surface area contributed by atoms with E-state index in [2.05, 4.69) is 15.3 Å². The largest absolute Gasteiger partial charge is 0.448 e. The summed E-state index contributed by atoms with van der Waals surface area (Å²) in [5.74, 6) is -0.851. The zero-order chi connectivity index (χ0) is 20.8. The van der Waals surface area contributed by atoms with Crippen LogP contribution in [0, 0.1) is 6.92 Å². The molecule has 0 spiro atoms. The Balaban J connectivity index is 1.52. The molecule has 11 nitrogen and oxygen atoms in total. The van der Waals surface area contributed by atoms with E-state index < -0.39 is 41.4 Å². The summed E-state index contributed by atoms with van der Waals surface area (Å²) >= 11 is 0. The molecule has 156 valence electrons. The van der Waals surface area contributed by atoms with E-state index >= 15 is 0 Å². The molecule has 4 atom stereocenters. The molecule has 0 bridgehead atoms. The molecule has 11 heteroatoms. The Morgan fingerprint density at radius 2 is 2.10 bits per heavy atom. The molecule has 0 unspecified atom stereocenters. The van der Waals surface area contributed by atoms with Crippen molar-refractivity contribution in [2.24, 2.45) is 0 Å². The second-order valence-electron chi connectivity index (χ2n) is 7.49. The first-order chi connectivity index (χ1) is 13.7. The summed E-state index contributed by atoms with van der Waals surface area (Å²) < 4.78 is 24.4.